The number of benzene rings is 1. The fraction of sp³-hybridized carbons (Fsp3) is 0.300. The van der Waals surface area contributed by atoms with Gasteiger partial charge in [-0.05, 0) is 55.8 Å². The van der Waals surface area contributed by atoms with Gasteiger partial charge in [0.2, 0.25) is 0 Å². The van der Waals surface area contributed by atoms with Crippen LogP contribution in [-0.2, 0) is 0 Å². The van der Waals surface area contributed by atoms with Crippen LogP contribution in [0.5, 0.6) is 0 Å². The van der Waals surface area contributed by atoms with E-state index in [1.807, 2.05) is 12.1 Å². The maximum Gasteiger partial charge on any atom is 0.132 e. The Kier molecular flexibility index (Phi) is 4.42. The smallest absolute Gasteiger partial charge is 0.132 e. The lowest BCUT2D eigenvalue weighted by Crippen LogP contribution is -2.54. The Balaban J connectivity index is 1.83. The van der Waals surface area contributed by atoms with Crippen molar-refractivity contribution in [2.24, 2.45) is 0 Å². The Morgan fingerprint density at radius 3 is 2.27 bits per heavy atom. The minimum absolute atomic E-state index is 0.250. The van der Waals surface area contributed by atoms with Crippen LogP contribution in [0.25, 0.3) is 22.4 Å². The first kappa shape index (κ1) is 16.7. The predicted octanol–water partition coefficient (Wildman–Crippen LogP) is 3.46. The van der Waals surface area contributed by atoms with E-state index in [0.29, 0.717) is 12.1 Å². The summed E-state index contributed by atoms with van der Waals surface area (Å²) in [5.41, 5.74) is 3.78. The summed E-state index contributed by atoms with van der Waals surface area (Å²) >= 11 is 0. The van der Waals surface area contributed by atoms with Gasteiger partial charge in [0.15, 0.2) is 0 Å². The molecular formula is C20H22FN5. The number of nitrogens with zero attached hydrogens (tertiary/aromatic N) is 3. The van der Waals surface area contributed by atoms with Crippen molar-refractivity contribution in [1.29, 1.82) is 0 Å². The highest BCUT2D eigenvalue weighted by molar-refractivity contribution is 5.89. The second-order valence-corrected chi connectivity index (χ2v) is 6.91. The maximum absolute atomic E-state index is 13.4. The SMILES string of the molecule is CC1CN(c2[nH]nc(-c3ccc(F)cc3)c2-c2ccncc2)CC(C)N1. The molecule has 0 aliphatic carbocycles. The average molecular weight is 351 g/mol. The van der Waals surface area contributed by atoms with E-state index >= 15 is 0 Å². The van der Waals surface area contributed by atoms with E-state index < -0.39 is 0 Å². The van der Waals surface area contributed by atoms with Crippen LogP contribution in [-0.4, -0.2) is 40.4 Å². The lowest BCUT2D eigenvalue weighted by Gasteiger charge is -2.37. The number of rotatable bonds is 3. The van der Waals surface area contributed by atoms with Crippen molar-refractivity contribution < 1.29 is 4.39 Å². The molecule has 1 fully saturated rings. The molecule has 134 valence electrons. The van der Waals surface area contributed by atoms with Gasteiger partial charge in [0, 0.05) is 43.1 Å². The van der Waals surface area contributed by atoms with Gasteiger partial charge < -0.3 is 10.2 Å². The zero-order valence-corrected chi connectivity index (χ0v) is 14.9. The molecule has 1 aromatic carbocycles. The molecule has 0 spiro atoms. The summed E-state index contributed by atoms with van der Waals surface area (Å²) in [7, 11) is 0. The lowest BCUT2D eigenvalue weighted by molar-refractivity contribution is 0.405. The quantitative estimate of drug-likeness (QED) is 0.759. The number of piperazine rings is 1. The molecule has 2 aromatic heterocycles. The number of pyridine rings is 1. The summed E-state index contributed by atoms with van der Waals surface area (Å²) < 4.78 is 13.4. The second-order valence-electron chi connectivity index (χ2n) is 6.91. The zero-order chi connectivity index (χ0) is 18.1. The minimum atomic E-state index is -0.250. The van der Waals surface area contributed by atoms with Crippen LogP contribution in [0.2, 0.25) is 0 Å². The minimum Gasteiger partial charge on any atom is -0.353 e. The Bertz CT molecular complexity index is 865. The van der Waals surface area contributed by atoms with Crippen molar-refractivity contribution in [1.82, 2.24) is 20.5 Å². The maximum atomic E-state index is 13.4. The van der Waals surface area contributed by atoms with Crippen molar-refractivity contribution in [2.45, 2.75) is 25.9 Å². The number of aromatic amines is 1. The molecule has 5 nitrogen and oxygen atoms in total. The fourth-order valence-corrected chi connectivity index (χ4v) is 3.68. The van der Waals surface area contributed by atoms with Gasteiger partial charge in [-0.1, -0.05) is 0 Å². The molecule has 3 aromatic rings. The van der Waals surface area contributed by atoms with Crippen LogP contribution < -0.4 is 10.2 Å². The summed E-state index contributed by atoms with van der Waals surface area (Å²) in [6, 6.07) is 11.2. The summed E-state index contributed by atoms with van der Waals surface area (Å²) in [5, 5.41) is 11.4. The number of H-pyrrole nitrogens is 1. The van der Waals surface area contributed by atoms with Gasteiger partial charge in [0.05, 0.1) is 5.56 Å². The van der Waals surface area contributed by atoms with Crippen molar-refractivity contribution in [2.75, 3.05) is 18.0 Å². The van der Waals surface area contributed by atoms with Crippen LogP contribution in [0, 0.1) is 5.82 Å². The van der Waals surface area contributed by atoms with Crippen molar-refractivity contribution in [3.63, 3.8) is 0 Å². The molecular weight excluding hydrogens is 329 g/mol. The molecule has 2 atom stereocenters. The second kappa shape index (κ2) is 6.88. The molecule has 2 N–H and O–H groups in total. The summed E-state index contributed by atoms with van der Waals surface area (Å²) in [6.45, 7) is 6.17. The van der Waals surface area contributed by atoms with Gasteiger partial charge in [-0.25, -0.2) is 4.39 Å². The monoisotopic (exact) mass is 351 g/mol. The van der Waals surface area contributed by atoms with E-state index in [-0.39, 0.29) is 5.82 Å². The number of anilines is 1. The van der Waals surface area contributed by atoms with Gasteiger partial charge in [-0.3, -0.25) is 10.1 Å². The zero-order valence-electron chi connectivity index (χ0n) is 14.9. The molecule has 0 radical (unpaired) electrons. The molecule has 1 aliphatic rings. The Hall–Kier alpha value is -2.73. The molecule has 26 heavy (non-hydrogen) atoms. The Labute approximate surface area is 152 Å². The van der Waals surface area contributed by atoms with E-state index in [2.05, 4.69) is 39.2 Å². The van der Waals surface area contributed by atoms with Gasteiger partial charge in [0.25, 0.3) is 0 Å². The number of nitrogens with one attached hydrogen (secondary N) is 2. The van der Waals surface area contributed by atoms with Crippen LogP contribution >= 0.6 is 0 Å². The van der Waals surface area contributed by atoms with Crippen molar-refractivity contribution >= 4 is 5.82 Å². The standard InChI is InChI=1S/C20H22FN5/c1-13-11-26(12-14(2)23-13)20-18(15-7-9-22-10-8-15)19(24-25-20)16-3-5-17(21)6-4-16/h3-10,13-14,23H,11-12H2,1-2H3,(H,24,25). The molecule has 6 heteroatoms. The highest BCUT2D eigenvalue weighted by atomic mass is 19.1. The van der Waals surface area contributed by atoms with E-state index in [4.69, 9.17) is 0 Å². The summed E-state index contributed by atoms with van der Waals surface area (Å²) in [6.07, 6.45) is 3.56. The molecule has 3 heterocycles. The number of halogens is 1. The third kappa shape index (κ3) is 3.20. The molecule has 0 amide bonds. The van der Waals surface area contributed by atoms with E-state index in [1.165, 1.54) is 12.1 Å². The Morgan fingerprint density at radius 1 is 0.962 bits per heavy atom. The fourth-order valence-electron chi connectivity index (χ4n) is 3.68. The van der Waals surface area contributed by atoms with E-state index in [1.54, 1.807) is 24.5 Å². The molecule has 2 unspecified atom stereocenters. The van der Waals surface area contributed by atoms with Gasteiger partial charge in [-0.2, -0.15) is 5.10 Å². The van der Waals surface area contributed by atoms with Crippen molar-refractivity contribution in [3.05, 3.63) is 54.6 Å². The third-order valence-corrected chi connectivity index (χ3v) is 4.71. The topological polar surface area (TPSA) is 56.8 Å². The molecule has 4 rings (SSSR count). The first-order chi connectivity index (χ1) is 12.6. The third-order valence-electron chi connectivity index (χ3n) is 4.71. The van der Waals surface area contributed by atoms with Crippen LogP contribution in [0.15, 0.2) is 48.8 Å². The van der Waals surface area contributed by atoms with Crippen molar-refractivity contribution in [3.8, 4) is 22.4 Å². The highest BCUT2D eigenvalue weighted by Crippen LogP contribution is 2.38. The van der Waals surface area contributed by atoms with E-state index in [0.717, 1.165) is 41.3 Å². The van der Waals surface area contributed by atoms with Crippen LogP contribution in [0.3, 0.4) is 0 Å². The number of aromatic nitrogens is 3. The normalized spacial score (nSPS) is 20.3. The first-order valence-electron chi connectivity index (χ1n) is 8.87. The summed E-state index contributed by atoms with van der Waals surface area (Å²) in [5.74, 6) is 0.746. The first-order valence-corrected chi connectivity index (χ1v) is 8.87. The molecule has 1 aliphatic heterocycles. The van der Waals surface area contributed by atoms with Gasteiger partial charge in [0.1, 0.15) is 17.3 Å². The van der Waals surface area contributed by atoms with Crippen LogP contribution in [0.1, 0.15) is 13.8 Å². The largest absolute Gasteiger partial charge is 0.353 e. The van der Waals surface area contributed by atoms with Gasteiger partial charge in [-0.15, -0.1) is 0 Å². The highest BCUT2D eigenvalue weighted by Gasteiger charge is 2.27. The molecule has 0 bridgehead atoms. The Morgan fingerprint density at radius 2 is 1.62 bits per heavy atom. The number of hydrogen-bond acceptors (Lipinski definition) is 4. The van der Waals surface area contributed by atoms with Gasteiger partial charge >= 0.3 is 0 Å². The summed E-state index contributed by atoms with van der Waals surface area (Å²) in [4.78, 5) is 6.47. The average Bonchev–Trinajstić information content (AvgIpc) is 3.07. The van der Waals surface area contributed by atoms with E-state index in [9.17, 15) is 4.39 Å². The predicted molar refractivity (Wildman–Crippen MR) is 101 cm³/mol. The molecule has 0 saturated carbocycles. The van der Waals surface area contributed by atoms with Crippen LogP contribution in [0.4, 0.5) is 10.2 Å². The number of hydrogen-bond donors (Lipinski definition) is 2. The lowest BCUT2D eigenvalue weighted by atomic mass is 10.0. The molecule has 1 saturated heterocycles.